The zero-order valence-corrected chi connectivity index (χ0v) is 9.48. The molecule has 2 atom stereocenters. The van der Waals surface area contributed by atoms with Crippen LogP contribution in [0.1, 0.15) is 13.3 Å². The zero-order chi connectivity index (χ0) is 12.6. The van der Waals surface area contributed by atoms with Crippen LogP contribution in [0.3, 0.4) is 0 Å². The number of hydrogen-bond donors (Lipinski definition) is 1. The fourth-order valence-corrected chi connectivity index (χ4v) is 1.90. The number of rotatable bonds is 2. The Balaban J connectivity index is 2.80. The molecule has 1 rings (SSSR count). The molecule has 1 fully saturated rings. The van der Waals surface area contributed by atoms with Gasteiger partial charge in [-0.1, -0.05) is 0 Å². The van der Waals surface area contributed by atoms with Gasteiger partial charge in [0.2, 0.25) is 5.91 Å². The first-order chi connectivity index (χ1) is 7.23. The van der Waals surface area contributed by atoms with Crippen LogP contribution >= 0.6 is 11.6 Å². The topological polar surface area (TPSA) is 40.5 Å². The molecule has 0 bridgehead atoms. The number of halogens is 4. The van der Waals surface area contributed by atoms with Crippen molar-refractivity contribution in [2.45, 2.75) is 24.9 Å². The van der Waals surface area contributed by atoms with Crippen molar-refractivity contribution < 1.29 is 23.1 Å². The lowest BCUT2D eigenvalue weighted by atomic mass is 9.87. The molecule has 0 aromatic heterocycles. The number of hydrogen-bond acceptors (Lipinski definition) is 2. The molecule has 1 saturated heterocycles. The van der Waals surface area contributed by atoms with E-state index in [1.54, 1.807) is 0 Å². The average molecular weight is 260 g/mol. The van der Waals surface area contributed by atoms with E-state index in [1.807, 2.05) is 0 Å². The van der Waals surface area contributed by atoms with Crippen molar-refractivity contribution >= 4 is 17.5 Å². The van der Waals surface area contributed by atoms with Crippen LogP contribution in [0, 0.1) is 5.41 Å². The van der Waals surface area contributed by atoms with E-state index in [9.17, 15) is 18.0 Å². The Bertz CT molecular complexity index is 282. The van der Waals surface area contributed by atoms with Gasteiger partial charge in [-0.2, -0.15) is 13.2 Å². The van der Waals surface area contributed by atoms with E-state index in [1.165, 1.54) is 6.92 Å². The molecule has 2 unspecified atom stereocenters. The SMILES string of the molecule is CC(Cl)C(=O)N1CCC(CO)(C(F)(F)F)C1. The maximum Gasteiger partial charge on any atom is 0.398 e. The highest BCUT2D eigenvalue weighted by Gasteiger charge is 2.58. The monoisotopic (exact) mass is 259 g/mol. The summed E-state index contributed by atoms with van der Waals surface area (Å²) in [5.74, 6) is -0.527. The summed E-state index contributed by atoms with van der Waals surface area (Å²) in [7, 11) is 0. The molecule has 0 saturated carbocycles. The molecule has 1 N–H and O–H groups in total. The summed E-state index contributed by atoms with van der Waals surface area (Å²) in [6.07, 6.45) is -4.78. The highest BCUT2D eigenvalue weighted by atomic mass is 35.5. The van der Waals surface area contributed by atoms with Gasteiger partial charge in [-0.15, -0.1) is 11.6 Å². The van der Waals surface area contributed by atoms with Crippen molar-refractivity contribution in [3.63, 3.8) is 0 Å². The summed E-state index contributed by atoms with van der Waals surface area (Å²) in [4.78, 5) is 12.5. The Morgan fingerprint density at radius 1 is 1.62 bits per heavy atom. The van der Waals surface area contributed by atoms with Gasteiger partial charge in [-0.3, -0.25) is 4.79 Å². The van der Waals surface area contributed by atoms with E-state index >= 15 is 0 Å². The molecule has 1 amide bonds. The third-order valence-electron chi connectivity index (χ3n) is 2.91. The lowest BCUT2D eigenvalue weighted by molar-refractivity contribution is -0.230. The summed E-state index contributed by atoms with van der Waals surface area (Å²) in [6.45, 7) is -0.119. The van der Waals surface area contributed by atoms with Crippen LogP contribution in [0.2, 0.25) is 0 Å². The lowest BCUT2D eigenvalue weighted by Crippen LogP contribution is -2.45. The molecule has 7 heteroatoms. The lowest BCUT2D eigenvalue weighted by Gasteiger charge is -2.29. The smallest absolute Gasteiger partial charge is 0.395 e. The Labute approximate surface area is 96.2 Å². The molecule has 16 heavy (non-hydrogen) atoms. The normalized spacial score (nSPS) is 28.2. The Morgan fingerprint density at radius 3 is 2.50 bits per heavy atom. The van der Waals surface area contributed by atoms with Gasteiger partial charge in [-0.05, 0) is 13.3 Å². The van der Waals surface area contributed by atoms with E-state index in [-0.39, 0.29) is 13.0 Å². The second-order valence-electron chi connectivity index (χ2n) is 4.06. The van der Waals surface area contributed by atoms with Crippen LogP contribution in [0.5, 0.6) is 0 Å². The van der Waals surface area contributed by atoms with E-state index in [2.05, 4.69) is 0 Å². The predicted molar refractivity (Wildman–Crippen MR) is 52.1 cm³/mol. The maximum absolute atomic E-state index is 12.7. The van der Waals surface area contributed by atoms with Gasteiger partial charge >= 0.3 is 6.18 Å². The van der Waals surface area contributed by atoms with Crippen molar-refractivity contribution in [3.05, 3.63) is 0 Å². The number of nitrogens with zero attached hydrogens (tertiary/aromatic N) is 1. The minimum absolute atomic E-state index is 0.0179. The van der Waals surface area contributed by atoms with Crippen LogP contribution in [0.25, 0.3) is 0 Å². The number of aliphatic hydroxyl groups is 1. The van der Waals surface area contributed by atoms with Gasteiger partial charge in [0.25, 0.3) is 0 Å². The Hall–Kier alpha value is -0.490. The van der Waals surface area contributed by atoms with Gasteiger partial charge in [0, 0.05) is 13.1 Å². The summed E-state index contributed by atoms with van der Waals surface area (Å²) < 4.78 is 38.2. The van der Waals surface area contributed by atoms with Crippen molar-refractivity contribution in [2.75, 3.05) is 19.7 Å². The summed E-state index contributed by atoms with van der Waals surface area (Å²) in [5, 5.41) is 8.05. The number of likely N-dealkylation sites (tertiary alicyclic amines) is 1. The third kappa shape index (κ3) is 2.27. The minimum atomic E-state index is -4.51. The highest BCUT2D eigenvalue weighted by molar-refractivity contribution is 6.30. The predicted octanol–water partition coefficient (Wildman–Crippen LogP) is 1.39. The van der Waals surface area contributed by atoms with Crippen LogP contribution in [-0.4, -0.2) is 47.2 Å². The van der Waals surface area contributed by atoms with Gasteiger partial charge in [-0.25, -0.2) is 0 Å². The van der Waals surface area contributed by atoms with Crippen LogP contribution < -0.4 is 0 Å². The first-order valence-electron chi connectivity index (χ1n) is 4.84. The Kier molecular flexibility index (Phi) is 3.74. The third-order valence-corrected chi connectivity index (χ3v) is 3.10. The number of carbonyl (C=O) groups excluding carboxylic acids is 1. The standard InChI is InChI=1S/C9H13ClF3NO2/c1-6(10)7(16)14-3-2-8(4-14,5-15)9(11,12)13/h6,15H,2-5H2,1H3. The van der Waals surface area contributed by atoms with Gasteiger partial charge in [0.15, 0.2) is 0 Å². The van der Waals surface area contributed by atoms with Gasteiger partial charge in [0.1, 0.15) is 10.8 Å². The zero-order valence-electron chi connectivity index (χ0n) is 8.72. The van der Waals surface area contributed by atoms with Crippen molar-refractivity contribution in [1.29, 1.82) is 0 Å². The average Bonchev–Trinajstić information content (AvgIpc) is 2.60. The van der Waals surface area contributed by atoms with Crippen LogP contribution in [-0.2, 0) is 4.79 Å². The summed E-state index contributed by atoms with van der Waals surface area (Å²) >= 11 is 5.52. The summed E-state index contributed by atoms with van der Waals surface area (Å²) in [6, 6.07) is 0. The quantitative estimate of drug-likeness (QED) is 0.762. The second kappa shape index (κ2) is 4.41. The van der Waals surface area contributed by atoms with Gasteiger partial charge in [0.05, 0.1) is 6.61 Å². The summed E-state index contributed by atoms with van der Waals surface area (Å²) in [5.41, 5.74) is -2.19. The van der Waals surface area contributed by atoms with Crippen LogP contribution in [0.4, 0.5) is 13.2 Å². The van der Waals surface area contributed by atoms with E-state index in [0.717, 1.165) is 4.90 Å². The number of aliphatic hydroxyl groups excluding tert-OH is 1. The van der Waals surface area contributed by atoms with Gasteiger partial charge < -0.3 is 10.0 Å². The number of carbonyl (C=O) groups is 1. The molecule has 0 aromatic carbocycles. The van der Waals surface area contributed by atoms with Crippen molar-refractivity contribution in [2.24, 2.45) is 5.41 Å². The largest absolute Gasteiger partial charge is 0.398 e. The van der Waals surface area contributed by atoms with Crippen molar-refractivity contribution in [3.8, 4) is 0 Å². The molecule has 0 radical (unpaired) electrons. The first-order valence-corrected chi connectivity index (χ1v) is 5.27. The molecule has 0 aromatic rings. The molecule has 3 nitrogen and oxygen atoms in total. The van der Waals surface area contributed by atoms with E-state index in [4.69, 9.17) is 16.7 Å². The molecule has 1 aliphatic heterocycles. The maximum atomic E-state index is 12.7. The first kappa shape index (κ1) is 13.6. The fourth-order valence-electron chi connectivity index (χ4n) is 1.76. The molecule has 0 spiro atoms. The minimum Gasteiger partial charge on any atom is -0.395 e. The highest BCUT2D eigenvalue weighted by Crippen LogP contribution is 2.45. The van der Waals surface area contributed by atoms with Crippen LogP contribution in [0.15, 0.2) is 0 Å². The molecular formula is C9H13ClF3NO2. The molecular weight excluding hydrogens is 247 g/mol. The van der Waals surface area contributed by atoms with E-state index < -0.39 is 36.0 Å². The Morgan fingerprint density at radius 2 is 2.19 bits per heavy atom. The molecule has 0 aliphatic carbocycles. The number of amides is 1. The molecule has 1 heterocycles. The van der Waals surface area contributed by atoms with Crippen molar-refractivity contribution in [1.82, 2.24) is 4.90 Å². The fraction of sp³-hybridized carbons (Fsp3) is 0.889. The number of alkyl halides is 4. The van der Waals surface area contributed by atoms with E-state index in [0.29, 0.717) is 0 Å². The second-order valence-corrected chi connectivity index (χ2v) is 4.72. The molecule has 94 valence electrons. The molecule has 1 aliphatic rings.